The van der Waals surface area contributed by atoms with Crippen LogP contribution >= 0.6 is 0 Å². The fourth-order valence-electron chi connectivity index (χ4n) is 3.44. The summed E-state index contributed by atoms with van der Waals surface area (Å²) in [6, 6.07) is 21.5. The molecule has 1 saturated heterocycles. The third-order valence-electron chi connectivity index (χ3n) is 4.90. The van der Waals surface area contributed by atoms with Crippen molar-refractivity contribution in [2.45, 2.75) is 12.0 Å². The van der Waals surface area contributed by atoms with Crippen LogP contribution in [0.3, 0.4) is 0 Å². The van der Waals surface area contributed by atoms with Crippen molar-refractivity contribution in [3.8, 4) is 11.5 Å². The molecule has 1 aliphatic heterocycles. The Labute approximate surface area is 158 Å². The molecule has 4 heteroatoms. The molecule has 0 N–H and O–H groups in total. The van der Waals surface area contributed by atoms with Crippen molar-refractivity contribution in [1.82, 2.24) is 0 Å². The van der Waals surface area contributed by atoms with Gasteiger partial charge < -0.3 is 14.2 Å². The van der Waals surface area contributed by atoms with E-state index in [1.54, 1.807) is 7.11 Å². The Morgan fingerprint density at radius 2 is 1.78 bits per heavy atom. The Morgan fingerprint density at radius 1 is 1.04 bits per heavy atom. The van der Waals surface area contributed by atoms with Crippen LogP contribution in [0.1, 0.15) is 12.0 Å². The molecule has 1 atom stereocenters. The first-order chi connectivity index (χ1) is 13.1. The molecule has 0 aromatic heterocycles. The summed E-state index contributed by atoms with van der Waals surface area (Å²) in [5.74, 6) is 1.12. The molecule has 0 saturated carbocycles. The van der Waals surface area contributed by atoms with E-state index in [2.05, 4.69) is 6.58 Å². The number of hydrogen-bond acceptors (Lipinski definition) is 4. The van der Waals surface area contributed by atoms with Crippen LogP contribution < -0.4 is 9.47 Å². The van der Waals surface area contributed by atoms with Crippen LogP contribution in [0.5, 0.6) is 11.5 Å². The third kappa shape index (κ3) is 3.14. The highest BCUT2D eigenvalue weighted by molar-refractivity contribution is 5.91. The predicted octanol–water partition coefficient (Wildman–Crippen LogP) is 4.63. The highest BCUT2D eigenvalue weighted by Crippen LogP contribution is 2.40. The van der Waals surface area contributed by atoms with Gasteiger partial charge in [-0.2, -0.15) is 0 Å². The van der Waals surface area contributed by atoms with Gasteiger partial charge in [-0.15, -0.1) is 0 Å². The van der Waals surface area contributed by atoms with Crippen molar-refractivity contribution < 1.29 is 19.0 Å². The fraction of sp³-hybridized carbons (Fsp3) is 0.174. The quantitative estimate of drug-likeness (QED) is 0.492. The maximum Gasteiger partial charge on any atom is 0.334 e. The average molecular weight is 360 g/mol. The van der Waals surface area contributed by atoms with E-state index >= 15 is 0 Å². The minimum absolute atomic E-state index is 0.206. The van der Waals surface area contributed by atoms with Crippen LogP contribution in [0.4, 0.5) is 0 Å². The lowest BCUT2D eigenvalue weighted by molar-refractivity contribution is -0.150. The van der Waals surface area contributed by atoms with E-state index in [0.717, 1.165) is 27.8 Å². The normalized spacial score (nSPS) is 19.1. The van der Waals surface area contributed by atoms with Crippen molar-refractivity contribution in [2.24, 2.45) is 0 Å². The molecule has 1 unspecified atom stereocenters. The van der Waals surface area contributed by atoms with Gasteiger partial charge in [0.15, 0.2) is 5.60 Å². The van der Waals surface area contributed by atoms with E-state index in [4.69, 9.17) is 14.2 Å². The topological polar surface area (TPSA) is 44.8 Å². The molecular formula is C23H20O4. The minimum Gasteiger partial charge on any atom is -0.497 e. The standard InChI is InChI=1S/C23H20O4/c1-16-14-23(27-22(16)24,18-10-12-19(25-2)13-11-18)15-26-21-9-5-7-17-6-3-4-8-20(17)21/h3-13H,1,14-15H2,2H3. The number of rotatable bonds is 5. The summed E-state index contributed by atoms with van der Waals surface area (Å²) < 4.78 is 17.1. The monoisotopic (exact) mass is 360 g/mol. The second-order valence-electron chi connectivity index (χ2n) is 6.66. The van der Waals surface area contributed by atoms with Crippen LogP contribution in [-0.4, -0.2) is 19.7 Å². The summed E-state index contributed by atoms with van der Waals surface area (Å²) in [6.07, 6.45) is 0.392. The molecule has 1 heterocycles. The molecule has 27 heavy (non-hydrogen) atoms. The predicted molar refractivity (Wildman–Crippen MR) is 104 cm³/mol. The van der Waals surface area contributed by atoms with Crippen LogP contribution in [-0.2, 0) is 15.1 Å². The van der Waals surface area contributed by atoms with Gasteiger partial charge in [0.2, 0.25) is 0 Å². The van der Waals surface area contributed by atoms with Gasteiger partial charge in [-0.1, -0.05) is 55.1 Å². The molecule has 1 fully saturated rings. The zero-order valence-corrected chi connectivity index (χ0v) is 15.1. The van der Waals surface area contributed by atoms with Gasteiger partial charge in [-0.05, 0) is 29.1 Å². The average Bonchev–Trinajstić information content (AvgIpc) is 3.01. The first-order valence-electron chi connectivity index (χ1n) is 8.77. The number of fused-ring (bicyclic) bond motifs is 1. The second-order valence-corrected chi connectivity index (χ2v) is 6.66. The molecule has 0 radical (unpaired) electrons. The van der Waals surface area contributed by atoms with Crippen molar-refractivity contribution in [2.75, 3.05) is 13.7 Å². The first kappa shape index (κ1) is 17.2. The summed E-state index contributed by atoms with van der Waals surface area (Å²) >= 11 is 0. The third-order valence-corrected chi connectivity index (χ3v) is 4.90. The highest BCUT2D eigenvalue weighted by Gasteiger charge is 2.45. The lowest BCUT2D eigenvalue weighted by Gasteiger charge is -2.28. The SMILES string of the molecule is C=C1CC(COc2cccc3ccccc23)(c2ccc(OC)cc2)OC1=O. The van der Waals surface area contributed by atoms with E-state index in [1.165, 1.54) is 0 Å². The maximum atomic E-state index is 12.1. The molecule has 0 amide bonds. The molecule has 4 nitrogen and oxygen atoms in total. The molecule has 0 spiro atoms. The molecule has 3 aromatic carbocycles. The number of ether oxygens (including phenoxy) is 3. The van der Waals surface area contributed by atoms with E-state index in [1.807, 2.05) is 66.7 Å². The van der Waals surface area contributed by atoms with Crippen LogP contribution in [0, 0.1) is 0 Å². The maximum absolute atomic E-state index is 12.1. The Balaban J connectivity index is 1.67. The number of hydrogen-bond donors (Lipinski definition) is 0. The van der Waals surface area contributed by atoms with Crippen molar-refractivity contribution in [3.63, 3.8) is 0 Å². The molecule has 3 aromatic rings. The smallest absolute Gasteiger partial charge is 0.334 e. The summed E-state index contributed by atoms with van der Waals surface area (Å²) in [6.45, 7) is 4.05. The second kappa shape index (κ2) is 6.80. The molecule has 4 rings (SSSR count). The summed E-state index contributed by atoms with van der Waals surface area (Å²) in [5, 5.41) is 2.12. The molecule has 1 aliphatic rings. The Kier molecular flexibility index (Phi) is 4.32. The summed E-state index contributed by atoms with van der Waals surface area (Å²) in [5.41, 5.74) is 0.417. The van der Waals surface area contributed by atoms with Gasteiger partial charge in [-0.25, -0.2) is 4.79 Å². The van der Waals surface area contributed by atoms with E-state index in [9.17, 15) is 4.79 Å². The zero-order chi connectivity index (χ0) is 18.9. The Hall–Kier alpha value is -3.27. The summed E-state index contributed by atoms with van der Waals surface area (Å²) in [4.78, 5) is 12.1. The molecule has 0 aliphatic carbocycles. The van der Waals surface area contributed by atoms with E-state index in [0.29, 0.717) is 12.0 Å². The largest absolute Gasteiger partial charge is 0.497 e. The van der Waals surface area contributed by atoms with Gasteiger partial charge in [0.1, 0.15) is 18.1 Å². The number of carbonyl (C=O) groups excluding carboxylic acids is 1. The van der Waals surface area contributed by atoms with Crippen LogP contribution in [0.25, 0.3) is 10.8 Å². The number of cyclic esters (lactones) is 1. The number of carbonyl (C=O) groups is 1. The zero-order valence-electron chi connectivity index (χ0n) is 15.1. The number of benzene rings is 3. The molecule has 0 bridgehead atoms. The Bertz CT molecular complexity index is 983. The summed E-state index contributed by atoms with van der Waals surface area (Å²) in [7, 11) is 1.62. The van der Waals surface area contributed by atoms with Gasteiger partial charge in [0.25, 0.3) is 0 Å². The lowest BCUT2D eigenvalue weighted by Crippen LogP contribution is -2.33. The van der Waals surface area contributed by atoms with Gasteiger partial charge in [0, 0.05) is 17.4 Å². The molecule has 136 valence electrons. The number of esters is 1. The minimum atomic E-state index is -0.891. The molecular weight excluding hydrogens is 340 g/mol. The first-order valence-corrected chi connectivity index (χ1v) is 8.77. The number of methoxy groups -OCH3 is 1. The van der Waals surface area contributed by atoms with Gasteiger partial charge >= 0.3 is 5.97 Å². The van der Waals surface area contributed by atoms with E-state index in [-0.39, 0.29) is 12.6 Å². The lowest BCUT2D eigenvalue weighted by atomic mass is 9.90. The van der Waals surface area contributed by atoms with E-state index < -0.39 is 5.60 Å². The fourth-order valence-corrected chi connectivity index (χ4v) is 3.44. The van der Waals surface area contributed by atoms with Gasteiger partial charge in [0.05, 0.1) is 7.11 Å². The van der Waals surface area contributed by atoms with Crippen molar-refractivity contribution in [1.29, 1.82) is 0 Å². The van der Waals surface area contributed by atoms with Crippen molar-refractivity contribution >= 4 is 16.7 Å². The highest BCUT2D eigenvalue weighted by atomic mass is 16.6. The Morgan fingerprint density at radius 3 is 2.48 bits per heavy atom. The van der Waals surface area contributed by atoms with Crippen LogP contribution in [0.2, 0.25) is 0 Å². The van der Waals surface area contributed by atoms with Crippen molar-refractivity contribution in [3.05, 3.63) is 84.4 Å². The van der Waals surface area contributed by atoms with Crippen LogP contribution in [0.15, 0.2) is 78.9 Å². The van der Waals surface area contributed by atoms with Gasteiger partial charge in [-0.3, -0.25) is 0 Å².